The van der Waals surface area contributed by atoms with Crippen molar-refractivity contribution in [2.24, 2.45) is 0 Å². The Kier molecular flexibility index (Phi) is 5.97. The summed E-state index contributed by atoms with van der Waals surface area (Å²) in [6.07, 6.45) is 0. The van der Waals surface area contributed by atoms with Gasteiger partial charge in [0, 0.05) is 10.7 Å². The second kappa shape index (κ2) is 7.79. The Labute approximate surface area is 148 Å². The molecule has 0 heterocycles. The van der Waals surface area contributed by atoms with Gasteiger partial charge < -0.3 is 10.6 Å². The Bertz CT molecular complexity index is 858. The lowest BCUT2D eigenvalue weighted by molar-refractivity contribution is 0.234. The molecule has 2 amide bonds. The zero-order valence-electron chi connectivity index (χ0n) is 13.0. The van der Waals surface area contributed by atoms with Crippen LogP contribution < -0.4 is 10.6 Å². The fourth-order valence-corrected chi connectivity index (χ4v) is 2.97. The van der Waals surface area contributed by atoms with Crippen molar-refractivity contribution in [2.75, 3.05) is 5.32 Å². The maximum Gasteiger partial charge on any atom is 0.341 e. The Hall–Kier alpha value is -2.19. The van der Waals surface area contributed by atoms with E-state index in [0.29, 0.717) is 5.02 Å². The maximum absolute atomic E-state index is 12.5. The molecule has 0 aliphatic carbocycles. The van der Waals surface area contributed by atoms with Crippen LogP contribution >= 0.6 is 11.6 Å². The molecule has 0 aliphatic rings. The first-order valence-electron chi connectivity index (χ1n) is 7.15. The fraction of sp³-hybridized carbons (Fsp3) is 0.188. The molecule has 0 aliphatic heterocycles. The standard InChI is InChI=1S/C16H15ClF2N2O3S/c1-10(11-3-2-4-12(17)9-11)20-16(22)21-13-5-7-14(8-6-13)25(23,24)15(18)19/h2-10,15H,1H3,(H2,20,21,22)/t10-/m0/s1. The van der Waals surface area contributed by atoms with Crippen LogP contribution in [0.4, 0.5) is 19.3 Å². The van der Waals surface area contributed by atoms with E-state index in [1.807, 2.05) is 0 Å². The first-order valence-corrected chi connectivity index (χ1v) is 9.07. The Morgan fingerprint density at radius 2 is 1.76 bits per heavy atom. The molecular formula is C16H15ClF2N2O3S. The van der Waals surface area contributed by atoms with Crippen molar-refractivity contribution in [1.82, 2.24) is 5.32 Å². The molecule has 5 nitrogen and oxygen atoms in total. The van der Waals surface area contributed by atoms with Crippen LogP contribution in [0.1, 0.15) is 18.5 Å². The summed E-state index contributed by atoms with van der Waals surface area (Å²) in [5, 5.41) is 5.73. The van der Waals surface area contributed by atoms with Crippen LogP contribution in [0.3, 0.4) is 0 Å². The third-order valence-corrected chi connectivity index (χ3v) is 5.01. The van der Waals surface area contributed by atoms with Crippen LogP contribution in [0.2, 0.25) is 5.02 Å². The lowest BCUT2D eigenvalue weighted by atomic mass is 10.1. The number of halogens is 3. The molecule has 0 spiro atoms. The predicted octanol–water partition coefficient (Wildman–Crippen LogP) is 4.22. The van der Waals surface area contributed by atoms with E-state index >= 15 is 0 Å². The molecule has 0 saturated heterocycles. The highest BCUT2D eigenvalue weighted by Gasteiger charge is 2.26. The van der Waals surface area contributed by atoms with Crippen molar-refractivity contribution in [1.29, 1.82) is 0 Å². The number of hydrogen-bond acceptors (Lipinski definition) is 3. The van der Waals surface area contributed by atoms with Gasteiger partial charge in [0.1, 0.15) is 0 Å². The minimum Gasteiger partial charge on any atom is -0.331 e. The third-order valence-electron chi connectivity index (χ3n) is 3.37. The highest BCUT2D eigenvalue weighted by Crippen LogP contribution is 2.21. The molecule has 0 aromatic heterocycles. The third kappa shape index (κ3) is 4.90. The van der Waals surface area contributed by atoms with E-state index in [4.69, 9.17) is 11.6 Å². The summed E-state index contributed by atoms with van der Waals surface area (Å²) in [5.41, 5.74) is 1.07. The average molecular weight is 389 g/mol. The summed E-state index contributed by atoms with van der Waals surface area (Å²) in [4.78, 5) is 11.5. The van der Waals surface area contributed by atoms with E-state index in [2.05, 4.69) is 10.6 Å². The molecule has 0 unspecified atom stereocenters. The first kappa shape index (κ1) is 19.1. The van der Waals surface area contributed by atoms with Crippen LogP contribution in [-0.4, -0.2) is 20.2 Å². The second-order valence-corrected chi connectivity index (χ2v) is 7.56. The Morgan fingerprint density at radius 1 is 1.12 bits per heavy atom. The number of alkyl halides is 2. The van der Waals surface area contributed by atoms with E-state index in [-0.39, 0.29) is 11.7 Å². The number of hydrogen-bond donors (Lipinski definition) is 2. The molecule has 1 atom stereocenters. The van der Waals surface area contributed by atoms with E-state index in [1.165, 1.54) is 12.1 Å². The van der Waals surface area contributed by atoms with Gasteiger partial charge in [-0.15, -0.1) is 0 Å². The largest absolute Gasteiger partial charge is 0.341 e. The van der Waals surface area contributed by atoms with E-state index < -0.39 is 26.5 Å². The topological polar surface area (TPSA) is 75.3 Å². The van der Waals surface area contributed by atoms with Crippen LogP contribution in [0, 0.1) is 0 Å². The first-order chi connectivity index (χ1) is 11.7. The normalized spacial score (nSPS) is 12.7. The molecule has 0 saturated carbocycles. The lowest BCUT2D eigenvalue weighted by Gasteiger charge is -2.15. The summed E-state index contributed by atoms with van der Waals surface area (Å²) >= 11 is 5.90. The van der Waals surface area contributed by atoms with Gasteiger partial charge in [-0.1, -0.05) is 23.7 Å². The number of rotatable bonds is 5. The van der Waals surface area contributed by atoms with Gasteiger partial charge in [0.05, 0.1) is 10.9 Å². The molecule has 0 radical (unpaired) electrons. The quantitative estimate of drug-likeness (QED) is 0.805. The van der Waals surface area contributed by atoms with Gasteiger partial charge in [-0.3, -0.25) is 0 Å². The molecular weight excluding hydrogens is 374 g/mol. The molecule has 25 heavy (non-hydrogen) atoms. The Morgan fingerprint density at radius 3 is 2.32 bits per heavy atom. The van der Waals surface area contributed by atoms with Crippen molar-refractivity contribution >= 4 is 33.2 Å². The average Bonchev–Trinajstić information content (AvgIpc) is 2.55. The summed E-state index contributed by atoms with van der Waals surface area (Å²) in [6, 6.07) is 10.6. The number of nitrogens with one attached hydrogen (secondary N) is 2. The van der Waals surface area contributed by atoms with Crippen LogP contribution in [-0.2, 0) is 9.84 Å². The summed E-state index contributed by atoms with van der Waals surface area (Å²) in [6.45, 7) is 1.77. The Balaban J connectivity index is 2.01. The molecule has 2 aromatic rings. The lowest BCUT2D eigenvalue weighted by Crippen LogP contribution is -2.31. The molecule has 0 bridgehead atoms. The van der Waals surface area contributed by atoms with Gasteiger partial charge in [0.2, 0.25) is 9.84 Å². The van der Waals surface area contributed by atoms with Gasteiger partial charge in [-0.25, -0.2) is 13.2 Å². The summed E-state index contributed by atoms with van der Waals surface area (Å²) in [7, 11) is -4.66. The molecule has 2 N–H and O–H groups in total. The summed E-state index contributed by atoms with van der Waals surface area (Å²) in [5.74, 6) is -3.49. The zero-order valence-corrected chi connectivity index (χ0v) is 14.6. The predicted molar refractivity (Wildman–Crippen MR) is 91.7 cm³/mol. The summed E-state index contributed by atoms with van der Waals surface area (Å²) < 4.78 is 47.6. The van der Waals surface area contributed by atoms with Gasteiger partial charge in [-0.05, 0) is 48.9 Å². The minimum atomic E-state index is -4.66. The monoisotopic (exact) mass is 388 g/mol. The van der Waals surface area contributed by atoms with Crippen molar-refractivity contribution in [2.45, 2.75) is 23.6 Å². The van der Waals surface area contributed by atoms with E-state index in [1.54, 1.807) is 31.2 Å². The highest BCUT2D eigenvalue weighted by molar-refractivity contribution is 7.91. The molecule has 0 fully saturated rings. The molecule has 134 valence electrons. The van der Waals surface area contributed by atoms with E-state index in [9.17, 15) is 22.0 Å². The maximum atomic E-state index is 12.5. The number of sulfone groups is 1. The number of amides is 2. The van der Waals surface area contributed by atoms with Crippen molar-refractivity contribution in [3.05, 3.63) is 59.1 Å². The van der Waals surface area contributed by atoms with Crippen LogP contribution in [0.15, 0.2) is 53.4 Å². The number of carbonyl (C=O) groups is 1. The second-order valence-electron chi connectivity index (χ2n) is 5.21. The van der Waals surface area contributed by atoms with Crippen LogP contribution in [0.5, 0.6) is 0 Å². The number of urea groups is 1. The van der Waals surface area contributed by atoms with Crippen LogP contribution in [0.25, 0.3) is 0 Å². The SMILES string of the molecule is C[C@H](NC(=O)Nc1ccc(S(=O)(=O)C(F)F)cc1)c1cccc(Cl)c1. The number of carbonyl (C=O) groups excluding carboxylic acids is 1. The van der Waals surface area contributed by atoms with Gasteiger partial charge in [-0.2, -0.15) is 8.78 Å². The van der Waals surface area contributed by atoms with Gasteiger partial charge in [0.25, 0.3) is 0 Å². The van der Waals surface area contributed by atoms with Crippen molar-refractivity contribution in [3.8, 4) is 0 Å². The van der Waals surface area contributed by atoms with Crippen molar-refractivity contribution in [3.63, 3.8) is 0 Å². The van der Waals surface area contributed by atoms with E-state index in [0.717, 1.165) is 17.7 Å². The van der Waals surface area contributed by atoms with Gasteiger partial charge >= 0.3 is 11.8 Å². The molecule has 2 rings (SSSR count). The molecule has 2 aromatic carbocycles. The van der Waals surface area contributed by atoms with Crippen molar-refractivity contribution < 1.29 is 22.0 Å². The molecule has 9 heteroatoms. The zero-order chi connectivity index (χ0) is 18.6. The minimum absolute atomic E-state index is 0.268. The fourth-order valence-electron chi connectivity index (χ4n) is 2.05. The number of anilines is 1. The number of benzene rings is 2. The highest BCUT2D eigenvalue weighted by atomic mass is 35.5. The smallest absolute Gasteiger partial charge is 0.331 e. The van der Waals surface area contributed by atoms with Gasteiger partial charge in [0.15, 0.2) is 0 Å².